The van der Waals surface area contributed by atoms with E-state index in [2.05, 4.69) is 29.2 Å². The van der Waals surface area contributed by atoms with Crippen molar-refractivity contribution in [3.63, 3.8) is 0 Å². The molecular formula is C22H29N3O4S. The standard InChI is InChI=1S/C22H29N3O4S/c1-15(2)18-7-9-19(10-8-18)24-22(27)21(26)23-14-13-17-5-11-20(12-6-17)30(28,29)25-16(3)4/h5-12,15-16,25H,13-14H2,1-4H3,(H,23,26)(H,24,27). The van der Waals surface area contributed by atoms with Gasteiger partial charge >= 0.3 is 11.8 Å². The molecule has 8 heteroatoms. The Bertz CT molecular complexity index is 966. The minimum Gasteiger partial charge on any atom is -0.347 e. The van der Waals surface area contributed by atoms with Crippen molar-refractivity contribution in [2.75, 3.05) is 11.9 Å². The fourth-order valence-corrected chi connectivity index (χ4v) is 4.00. The molecule has 7 nitrogen and oxygen atoms in total. The van der Waals surface area contributed by atoms with E-state index in [0.29, 0.717) is 18.0 Å². The molecule has 3 N–H and O–H groups in total. The maximum Gasteiger partial charge on any atom is 0.313 e. The highest BCUT2D eigenvalue weighted by atomic mass is 32.2. The smallest absolute Gasteiger partial charge is 0.313 e. The zero-order valence-corrected chi connectivity index (χ0v) is 18.5. The molecule has 162 valence electrons. The Balaban J connectivity index is 1.83. The van der Waals surface area contributed by atoms with Crippen LogP contribution in [-0.2, 0) is 26.0 Å². The Morgan fingerprint density at radius 3 is 2.00 bits per heavy atom. The van der Waals surface area contributed by atoms with Gasteiger partial charge in [-0.1, -0.05) is 38.1 Å². The van der Waals surface area contributed by atoms with Crippen LogP contribution in [0.15, 0.2) is 53.4 Å². The molecule has 2 rings (SSSR count). The van der Waals surface area contributed by atoms with Gasteiger partial charge in [-0.15, -0.1) is 0 Å². The van der Waals surface area contributed by atoms with E-state index < -0.39 is 21.8 Å². The molecule has 0 saturated carbocycles. The molecule has 0 saturated heterocycles. The van der Waals surface area contributed by atoms with Gasteiger partial charge in [-0.25, -0.2) is 13.1 Å². The van der Waals surface area contributed by atoms with Crippen LogP contribution in [0.25, 0.3) is 0 Å². The first-order chi connectivity index (χ1) is 14.1. The summed E-state index contributed by atoms with van der Waals surface area (Å²) in [5.41, 5.74) is 2.56. The second kappa shape index (κ2) is 10.4. The largest absolute Gasteiger partial charge is 0.347 e. The number of rotatable bonds is 8. The minimum absolute atomic E-state index is 0.187. The quantitative estimate of drug-likeness (QED) is 0.559. The number of hydrogen-bond acceptors (Lipinski definition) is 4. The first-order valence-corrected chi connectivity index (χ1v) is 11.4. The third kappa shape index (κ3) is 6.96. The van der Waals surface area contributed by atoms with Crippen molar-refractivity contribution in [1.82, 2.24) is 10.0 Å². The highest BCUT2D eigenvalue weighted by molar-refractivity contribution is 7.89. The van der Waals surface area contributed by atoms with Crippen molar-refractivity contribution in [2.45, 2.75) is 51.0 Å². The predicted octanol–water partition coefficient (Wildman–Crippen LogP) is 2.79. The molecule has 0 aliphatic carbocycles. The van der Waals surface area contributed by atoms with Gasteiger partial charge in [0.15, 0.2) is 0 Å². The lowest BCUT2D eigenvalue weighted by Gasteiger charge is -2.10. The normalized spacial score (nSPS) is 11.5. The third-order valence-electron chi connectivity index (χ3n) is 4.37. The van der Waals surface area contributed by atoms with Gasteiger partial charge < -0.3 is 10.6 Å². The summed E-state index contributed by atoms with van der Waals surface area (Å²) in [6.45, 7) is 7.93. The van der Waals surface area contributed by atoms with Crippen LogP contribution >= 0.6 is 0 Å². The molecule has 0 spiro atoms. The molecule has 2 amide bonds. The Kier molecular flexibility index (Phi) is 8.14. The SMILES string of the molecule is CC(C)NS(=O)(=O)c1ccc(CCNC(=O)C(=O)Nc2ccc(C(C)C)cc2)cc1. The van der Waals surface area contributed by atoms with E-state index in [9.17, 15) is 18.0 Å². The average molecular weight is 432 g/mol. The third-order valence-corrected chi connectivity index (χ3v) is 6.04. The van der Waals surface area contributed by atoms with Crippen molar-refractivity contribution < 1.29 is 18.0 Å². The molecule has 2 aromatic carbocycles. The van der Waals surface area contributed by atoms with E-state index in [4.69, 9.17) is 0 Å². The number of carbonyl (C=O) groups is 2. The van der Waals surface area contributed by atoms with Gasteiger partial charge in [0.2, 0.25) is 10.0 Å². The van der Waals surface area contributed by atoms with Crippen molar-refractivity contribution in [2.24, 2.45) is 0 Å². The highest BCUT2D eigenvalue weighted by Gasteiger charge is 2.15. The van der Waals surface area contributed by atoms with Gasteiger partial charge in [0.05, 0.1) is 4.90 Å². The number of hydrogen-bond donors (Lipinski definition) is 3. The Morgan fingerprint density at radius 2 is 1.47 bits per heavy atom. The maximum atomic E-state index is 12.1. The molecule has 0 aromatic heterocycles. The molecule has 2 aromatic rings. The number of carbonyl (C=O) groups excluding carboxylic acids is 2. The molecule has 30 heavy (non-hydrogen) atoms. The molecular weight excluding hydrogens is 402 g/mol. The Hall–Kier alpha value is -2.71. The van der Waals surface area contributed by atoms with E-state index in [0.717, 1.165) is 11.1 Å². The summed E-state index contributed by atoms with van der Waals surface area (Å²) in [5.74, 6) is -1.06. The van der Waals surface area contributed by atoms with Gasteiger partial charge in [-0.3, -0.25) is 9.59 Å². The van der Waals surface area contributed by atoms with E-state index in [1.165, 1.54) is 12.1 Å². The molecule has 0 aliphatic rings. The number of amides is 2. The maximum absolute atomic E-state index is 12.1. The topological polar surface area (TPSA) is 104 Å². The molecule has 0 heterocycles. The van der Waals surface area contributed by atoms with Crippen LogP contribution in [0.2, 0.25) is 0 Å². The lowest BCUT2D eigenvalue weighted by atomic mass is 10.0. The molecule has 0 atom stereocenters. The zero-order chi connectivity index (χ0) is 22.3. The lowest BCUT2D eigenvalue weighted by Crippen LogP contribution is -2.36. The van der Waals surface area contributed by atoms with Crippen molar-refractivity contribution in [3.8, 4) is 0 Å². The van der Waals surface area contributed by atoms with Crippen molar-refractivity contribution in [3.05, 3.63) is 59.7 Å². The zero-order valence-electron chi connectivity index (χ0n) is 17.7. The van der Waals surface area contributed by atoms with Gasteiger partial charge in [0.25, 0.3) is 0 Å². The second-order valence-electron chi connectivity index (χ2n) is 7.66. The van der Waals surface area contributed by atoms with Crippen LogP contribution in [0.5, 0.6) is 0 Å². The summed E-state index contributed by atoms with van der Waals surface area (Å²) in [6.07, 6.45) is 0.472. The van der Waals surface area contributed by atoms with Gasteiger partial charge in [-0.2, -0.15) is 0 Å². The van der Waals surface area contributed by atoms with Crippen LogP contribution in [0.3, 0.4) is 0 Å². The fourth-order valence-electron chi connectivity index (χ4n) is 2.75. The highest BCUT2D eigenvalue weighted by Crippen LogP contribution is 2.17. The van der Waals surface area contributed by atoms with Gasteiger partial charge in [-0.05, 0) is 61.6 Å². The van der Waals surface area contributed by atoms with E-state index >= 15 is 0 Å². The number of anilines is 1. The van der Waals surface area contributed by atoms with Crippen molar-refractivity contribution >= 4 is 27.5 Å². The predicted molar refractivity (Wildman–Crippen MR) is 118 cm³/mol. The molecule has 0 unspecified atom stereocenters. The lowest BCUT2D eigenvalue weighted by molar-refractivity contribution is -0.136. The summed E-state index contributed by atoms with van der Waals surface area (Å²) < 4.78 is 26.8. The van der Waals surface area contributed by atoms with E-state index in [1.54, 1.807) is 38.1 Å². The summed E-state index contributed by atoms with van der Waals surface area (Å²) in [6, 6.07) is 13.6. The van der Waals surface area contributed by atoms with Crippen LogP contribution in [0.4, 0.5) is 5.69 Å². The van der Waals surface area contributed by atoms with E-state index in [1.807, 2.05) is 12.1 Å². The monoisotopic (exact) mass is 431 g/mol. The first-order valence-electron chi connectivity index (χ1n) is 9.89. The van der Waals surface area contributed by atoms with Gasteiger partial charge in [0, 0.05) is 18.3 Å². The summed E-state index contributed by atoms with van der Waals surface area (Å²) >= 11 is 0. The number of sulfonamides is 1. The average Bonchev–Trinajstić information content (AvgIpc) is 2.67. The second-order valence-corrected chi connectivity index (χ2v) is 9.37. The fraction of sp³-hybridized carbons (Fsp3) is 0.364. The molecule has 0 fully saturated rings. The van der Waals surface area contributed by atoms with Crippen LogP contribution in [0, 0.1) is 0 Å². The minimum atomic E-state index is -3.53. The van der Waals surface area contributed by atoms with E-state index in [-0.39, 0.29) is 17.5 Å². The molecule has 0 aliphatic heterocycles. The molecule has 0 bridgehead atoms. The van der Waals surface area contributed by atoms with Gasteiger partial charge in [0.1, 0.15) is 0 Å². The van der Waals surface area contributed by atoms with Crippen LogP contribution in [0.1, 0.15) is 44.7 Å². The summed E-state index contributed by atoms with van der Waals surface area (Å²) in [4.78, 5) is 24.2. The summed E-state index contributed by atoms with van der Waals surface area (Å²) in [5, 5.41) is 5.14. The Labute approximate surface area is 178 Å². The first kappa shape index (κ1) is 23.6. The summed E-state index contributed by atoms with van der Waals surface area (Å²) in [7, 11) is -3.53. The van der Waals surface area contributed by atoms with Crippen LogP contribution < -0.4 is 15.4 Å². The number of nitrogens with one attached hydrogen (secondary N) is 3. The molecule has 0 radical (unpaired) electrons. The Morgan fingerprint density at radius 1 is 0.867 bits per heavy atom. The number of benzene rings is 2. The van der Waals surface area contributed by atoms with Crippen molar-refractivity contribution in [1.29, 1.82) is 0 Å². The van der Waals surface area contributed by atoms with Crippen LogP contribution in [-0.4, -0.2) is 32.8 Å².